The highest BCUT2D eigenvalue weighted by molar-refractivity contribution is 5.94. The summed E-state index contributed by atoms with van der Waals surface area (Å²) in [4.78, 5) is 21.6. The predicted octanol–water partition coefficient (Wildman–Crippen LogP) is 3.60. The van der Waals surface area contributed by atoms with Crippen LogP contribution in [0.4, 0.5) is 5.69 Å². The highest BCUT2D eigenvalue weighted by Gasteiger charge is 2.21. The second-order valence-electron chi connectivity index (χ2n) is 8.08. The molecule has 0 radical (unpaired) electrons. The summed E-state index contributed by atoms with van der Waals surface area (Å²) in [6.45, 7) is 10.2. The molecule has 1 fully saturated rings. The summed E-state index contributed by atoms with van der Waals surface area (Å²) in [5.41, 5.74) is 6.46. The first kappa shape index (κ1) is 20.1. The summed E-state index contributed by atoms with van der Waals surface area (Å²) in [6.07, 6.45) is 4.70. The molecular formula is C24H29N5O. The number of rotatable bonds is 4. The molecule has 0 N–H and O–H groups in total. The average Bonchev–Trinajstić information content (AvgIpc) is 2.93. The van der Waals surface area contributed by atoms with E-state index in [-0.39, 0.29) is 5.91 Å². The van der Waals surface area contributed by atoms with Crippen molar-refractivity contribution in [1.82, 2.24) is 19.7 Å². The third kappa shape index (κ3) is 4.37. The molecule has 6 nitrogen and oxygen atoms in total. The molecule has 3 aromatic rings. The van der Waals surface area contributed by atoms with E-state index in [2.05, 4.69) is 41.0 Å². The van der Waals surface area contributed by atoms with Gasteiger partial charge in [0.05, 0.1) is 12.2 Å². The van der Waals surface area contributed by atoms with Gasteiger partial charge in [-0.05, 0) is 62.6 Å². The van der Waals surface area contributed by atoms with E-state index in [1.54, 1.807) is 0 Å². The normalized spacial score (nSPS) is 14.6. The smallest absolute Gasteiger partial charge is 0.253 e. The SMILES string of the molecule is Cc1cc(C)n(Cc2ccc(C(=O)N3CCCN(c4ccncc4C)CC3)cc2)n1. The van der Waals surface area contributed by atoms with E-state index in [0.29, 0.717) is 0 Å². The van der Waals surface area contributed by atoms with Gasteiger partial charge in [0.1, 0.15) is 0 Å². The zero-order valence-corrected chi connectivity index (χ0v) is 18.0. The average molecular weight is 404 g/mol. The zero-order chi connectivity index (χ0) is 21.1. The summed E-state index contributed by atoms with van der Waals surface area (Å²) in [6, 6.07) is 12.1. The summed E-state index contributed by atoms with van der Waals surface area (Å²) >= 11 is 0. The van der Waals surface area contributed by atoms with Gasteiger partial charge in [-0.2, -0.15) is 5.10 Å². The van der Waals surface area contributed by atoms with Gasteiger partial charge < -0.3 is 9.80 Å². The van der Waals surface area contributed by atoms with E-state index in [1.165, 1.54) is 11.3 Å². The summed E-state index contributed by atoms with van der Waals surface area (Å²) < 4.78 is 2.00. The summed E-state index contributed by atoms with van der Waals surface area (Å²) in [7, 11) is 0. The number of anilines is 1. The van der Waals surface area contributed by atoms with E-state index >= 15 is 0 Å². The molecule has 1 aliphatic rings. The molecule has 30 heavy (non-hydrogen) atoms. The van der Waals surface area contributed by atoms with Crippen LogP contribution in [0.2, 0.25) is 0 Å². The van der Waals surface area contributed by atoms with Crippen LogP contribution in [0, 0.1) is 20.8 Å². The number of nitrogens with zero attached hydrogens (tertiary/aromatic N) is 5. The number of amides is 1. The highest BCUT2D eigenvalue weighted by Crippen LogP contribution is 2.20. The maximum Gasteiger partial charge on any atom is 0.253 e. The summed E-state index contributed by atoms with van der Waals surface area (Å²) in [5, 5.41) is 4.52. The van der Waals surface area contributed by atoms with Crippen LogP contribution in [0.1, 0.15) is 39.3 Å². The van der Waals surface area contributed by atoms with E-state index in [4.69, 9.17) is 0 Å². The highest BCUT2D eigenvalue weighted by atomic mass is 16.2. The third-order valence-corrected chi connectivity index (χ3v) is 5.75. The monoisotopic (exact) mass is 403 g/mol. The fraction of sp³-hybridized carbons (Fsp3) is 0.375. The minimum Gasteiger partial charge on any atom is -0.369 e. The third-order valence-electron chi connectivity index (χ3n) is 5.75. The Hall–Kier alpha value is -3.15. The minimum absolute atomic E-state index is 0.112. The van der Waals surface area contributed by atoms with Crippen molar-refractivity contribution in [2.75, 3.05) is 31.1 Å². The van der Waals surface area contributed by atoms with Crippen molar-refractivity contribution in [3.8, 4) is 0 Å². The van der Waals surface area contributed by atoms with Gasteiger partial charge in [-0.1, -0.05) is 12.1 Å². The molecule has 3 heterocycles. The maximum absolute atomic E-state index is 13.1. The first-order valence-electron chi connectivity index (χ1n) is 10.6. The Morgan fingerprint density at radius 1 is 1.00 bits per heavy atom. The number of aromatic nitrogens is 3. The molecule has 0 unspecified atom stereocenters. The first-order chi connectivity index (χ1) is 14.5. The van der Waals surface area contributed by atoms with Gasteiger partial charge in [0.15, 0.2) is 0 Å². The molecule has 1 saturated heterocycles. The Morgan fingerprint density at radius 3 is 2.50 bits per heavy atom. The first-order valence-corrected chi connectivity index (χ1v) is 10.6. The standard InChI is InChI=1S/C24H29N5O/c1-18-16-25-10-9-23(18)27-11-4-12-28(14-13-27)24(30)22-7-5-21(6-8-22)17-29-20(3)15-19(2)26-29/h5-10,15-16H,4,11-14,17H2,1-3H3. The largest absolute Gasteiger partial charge is 0.369 e. The van der Waals surface area contributed by atoms with E-state index in [9.17, 15) is 4.79 Å². The fourth-order valence-electron chi connectivity index (χ4n) is 4.13. The molecular weight excluding hydrogens is 374 g/mol. The summed E-state index contributed by atoms with van der Waals surface area (Å²) in [5.74, 6) is 0.112. The lowest BCUT2D eigenvalue weighted by Gasteiger charge is -2.25. The molecule has 0 aliphatic carbocycles. The molecule has 0 atom stereocenters. The Kier molecular flexibility index (Phi) is 5.84. The van der Waals surface area contributed by atoms with Crippen LogP contribution in [0.25, 0.3) is 0 Å². The Labute approximate surface area is 178 Å². The molecule has 0 bridgehead atoms. The van der Waals surface area contributed by atoms with E-state index in [0.717, 1.165) is 61.7 Å². The number of carbonyl (C=O) groups excluding carboxylic acids is 1. The maximum atomic E-state index is 13.1. The van der Waals surface area contributed by atoms with Crippen molar-refractivity contribution in [3.63, 3.8) is 0 Å². The molecule has 4 rings (SSSR count). The van der Waals surface area contributed by atoms with Crippen LogP contribution in [-0.4, -0.2) is 51.8 Å². The van der Waals surface area contributed by atoms with Crippen LogP contribution in [0.3, 0.4) is 0 Å². The van der Waals surface area contributed by atoms with Crippen molar-refractivity contribution in [1.29, 1.82) is 0 Å². The van der Waals surface area contributed by atoms with Crippen molar-refractivity contribution in [3.05, 3.63) is 76.9 Å². The molecule has 1 aromatic carbocycles. The van der Waals surface area contributed by atoms with Gasteiger partial charge in [-0.25, -0.2) is 0 Å². The van der Waals surface area contributed by atoms with Gasteiger partial charge in [0, 0.05) is 55.5 Å². The Morgan fingerprint density at radius 2 is 1.80 bits per heavy atom. The lowest BCUT2D eigenvalue weighted by atomic mass is 10.1. The van der Waals surface area contributed by atoms with Crippen LogP contribution < -0.4 is 4.90 Å². The van der Waals surface area contributed by atoms with Crippen molar-refractivity contribution in [2.45, 2.75) is 33.7 Å². The molecule has 1 amide bonds. The predicted molar refractivity (Wildman–Crippen MR) is 119 cm³/mol. The van der Waals surface area contributed by atoms with E-state index in [1.807, 2.05) is 53.2 Å². The Bertz CT molecular complexity index is 1020. The zero-order valence-electron chi connectivity index (χ0n) is 18.0. The second-order valence-corrected chi connectivity index (χ2v) is 8.08. The van der Waals surface area contributed by atoms with Gasteiger partial charge in [-0.3, -0.25) is 14.5 Å². The molecule has 2 aromatic heterocycles. The lowest BCUT2D eigenvalue weighted by molar-refractivity contribution is 0.0767. The van der Waals surface area contributed by atoms with Crippen LogP contribution in [0.15, 0.2) is 48.8 Å². The molecule has 156 valence electrons. The molecule has 1 aliphatic heterocycles. The quantitative estimate of drug-likeness (QED) is 0.668. The second kappa shape index (κ2) is 8.69. The fourth-order valence-corrected chi connectivity index (χ4v) is 4.13. The Balaban J connectivity index is 1.40. The topological polar surface area (TPSA) is 54.3 Å². The van der Waals surface area contributed by atoms with Crippen molar-refractivity contribution in [2.24, 2.45) is 0 Å². The van der Waals surface area contributed by atoms with Crippen molar-refractivity contribution < 1.29 is 4.79 Å². The number of benzene rings is 1. The molecule has 0 saturated carbocycles. The molecule has 6 heteroatoms. The number of pyridine rings is 1. The minimum atomic E-state index is 0.112. The van der Waals surface area contributed by atoms with Crippen LogP contribution in [0.5, 0.6) is 0 Å². The lowest BCUT2D eigenvalue weighted by Crippen LogP contribution is -2.35. The van der Waals surface area contributed by atoms with Gasteiger partial charge in [0.25, 0.3) is 5.91 Å². The number of hydrogen-bond donors (Lipinski definition) is 0. The van der Waals surface area contributed by atoms with Gasteiger partial charge in [-0.15, -0.1) is 0 Å². The van der Waals surface area contributed by atoms with Gasteiger partial charge in [0.2, 0.25) is 0 Å². The number of hydrogen-bond acceptors (Lipinski definition) is 4. The van der Waals surface area contributed by atoms with Crippen LogP contribution >= 0.6 is 0 Å². The van der Waals surface area contributed by atoms with Crippen molar-refractivity contribution >= 4 is 11.6 Å². The molecule has 0 spiro atoms. The number of aryl methyl sites for hydroxylation is 3. The van der Waals surface area contributed by atoms with Gasteiger partial charge >= 0.3 is 0 Å². The number of carbonyl (C=O) groups is 1. The van der Waals surface area contributed by atoms with Crippen LogP contribution in [-0.2, 0) is 6.54 Å². The van der Waals surface area contributed by atoms with E-state index < -0.39 is 0 Å².